The molecular weight excluding hydrogens is 166 g/mol. The molecule has 1 amide bonds. The Morgan fingerprint density at radius 2 is 2.08 bits per heavy atom. The number of hydrogen-bond acceptors (Lipinski definition) is 3. The summed E-state index contributed by atoms with van der Waals surface area (Å²) in [6.07, 6.45) is 2.74. The van der Waals surface area contributed by atoms with Crippen molar-refractivity contribution in [2.45, 2.75) is 31.3 Å². The van der Waals surface area contributed by atoms with E-state index >= 15 is 0 Å². The summed E-state index contributed by atoms with van der Waals surface area (Å²) >= 11 is 0. The molecule has 2 fully saturated rings. The van der Waals surface area contributed by atoms with E-state index in [9.17, 15) is 4.79 Å². The molecule has 0 aromatic rings. The zero-order chi connectivity index (χ0) is 9.10. The maximum absolute atomic E-state index is 11.0. The maximum atomic E-state index is 11.0. The van der Waals surface area contributed by atoms with Crippen LogP contribution in [0.2, 0.25) is 0 Å². The molecule has 74 valence electrons. The highest BCUT2D eigenvalue weighted by atomic mass is 16.1. The van der Waals surface area contributed by atoms with Gasteiger partial charge in [-0.1, -0.05) is 0 Å². The smallest absolute Gasteiger partial charge is 0.220 e. The highest BCUT2D eigenvalue weighted by Gasteiger charge is 2.22. The fourth-order valence-electron chi connectivity index (χ4n) is 1.83. The van der Waals surface area contributed by atoms with E-state index in [0.717, 1.165) is 32.5 Å². The van der Waals surface area contributed by atoms with Crippen molar-refractivity contribution in [1.29, 1.82) is 0 Å². The lowest BCUT2D eigenvalue weighted by Crippen LogP contribution is -2.58. The van der Waals surface area contributed by atoms with Gasteiger partial charge in [-0.2, -0.15) is 0 Å². The molecule has 1 unspecified atom stereocenters. The average molecular weight is 183 g/mol. The normalized spacial score (nSPS) is 30.5. The second-order valence-corrected chi connectivity index (χ2v) is 3.90. The number of hydrogen-bond donors (Lipinski definition) is 3. The molecule has 0 aliphatic carbocycles. The van der Waals surface area contributed by atoms with E-state index in [4.69, 9.17) is 0 Å². The van der Waals surface area contributed by atoms with Gasteiger partial charge in [0.05, 0.1) is 0 Å². The average Bonchev–Trinajstić information content (AvgIpc) is 2.23. The van der Waals surface area contributed by atoms with Crippen LogP contribution in [0.3, 0.4) is 0 Å². The summed E-state index contributed by atoms with van der Waals surface area (Å²) in [5, 5.41) is 9.68. The van der Waals surface area contributed by atoms with Gasteiger partial charge in [-0.25, -0.2) is 0 Å². The minimum Gasteiger partial charge on any atom is -0.356 e. The molecule has 3 N–H and O–H groups in total. The fourth-order valence-corrected chi connectivity index (χ4v) is 1.83. The first-order valence-corrected chi connectivity index (χ1v) is 5.08. The van der Waals surface area contributed by atoms with Crippen LogP contribution in [0.4, 0.5) is 0 Å². The SMILES string of the molecule is O=C1CCC(NC2CNC2)CCN1. The van der Waals surface area contributed by atoms with E-state index in [0.29, 0.717) is 18.5 Å². The van der Waals surface area contributed by atoms with E-state index in [1.807, 2.05) is 0 Å². The van der Waals surface area contributed by atoms with Crippen LogP contribution in [0.1, 0.15) is 19.3 Å². The Labute approximate surface area is 78.5 Å². The topological polar surface area (TPSA) is 53.2 Å². The molecular formula is C9H17N3O. The van der Waals surface area contributed by atoms with Crippen molar-refractivity contribution in [2.24, 2.45) is 0 Å². The first kappa shape index (κ1) is 8.97. The van der Waals surface area contributed by atoms with Crippen molar-refractivity contribution in [3.8, 4) is 0 Å². The number of carbonyl (C=O) groups is 1. The van der Waals surface area contributed by atoms with Gasteiger partial charge in [-0.05, 0) is 12.8 Å². The van der Waals surface area contributed by atoms with Gasteiger partial charge in [0.15, 0.2) is 0 Å². The van der Waals surface area contributed by atoms with Crippen molar-refractivity contribution in [3.05, 3.63) is 0 Å². The molecule has 2 rings (SSSR count). The van der Waals surface area contributed by atoms with Gasteiger partial charge in [0, 0.05) is 38.1 Å². The van der Waals surface area contributed by atoms with Crippen LogP contribution in [-0.4, -0.2) is 37.6 Å². The second kappa shape index (κ2) is 4.07. The molecule has 2 saturated heterocycles. The predicted octanol–water partition coefficient (Wildman–Crippen LogP) is -0.783. The van der Waals surface area contributed by atoms with Crippen molar-refractivity contribution >= 4 is 5.91 Å². The minimum absolute atomic E-state index is 0.205. The fraction of sp³-hybridized carbons (Fsp3) is 0.889. The molecule has 2 aliphatic rings. The minimum atomic E-state index is 0.205. The molecule has 2 heterocycles. The zero-order valence-electron chi connectivity index (χ0n) is 7.81. The molecule has 4 nitrogen and oxygen atoms in total. The van der Waals surface area contributed by atoms with Crippen LogP contribution in [0.15, 0.2) is 0 Å². The maximum Gasteiger partial charge on any atom is 0.220 e. The third-order valence-electron chi connectivity index (χ3n) is 2.79. The van der Waals surface area contributed by atoms with Crippen LogP contribution >= 0.6 is 0 Å². The Morgan fingerprint density at radius 1 is 1.23 bits per heavy atom. The van der Waals surface area contributed by atoms with Gasteiger partial charge >= 0.3 is 0 Å². The highest BCUT2D eigenvalue weighted by Crippen LogP contribution is 2.07. The summed E-state index contributed by atoms with van der Waals surface area (Å²) in [4.78, 5) is 11.0. The molecule has 13 heavy (non-hydrogen) atoms. The van der Waals surface area contributed by atoms with E-state index in [-0.39, 0.29) is 5.91 Å². The molecule has 0 aromatic carbocycles. The Balaban J connectivity index is 1.74. The summed E-state index contributed by atoms with van der Waals surface area (Å²) in [6.45, 7) is 2.99. The van der Waals surface area contributed by atoms with Crippen LogP contribution in [0.25, 0.3) is 0 Å². The van der Waals surface area contributed by atoms with Crippen LogP contribution in [-0.2, 0) is 4.79 Å². The van der Waals surface area contributed by atoms with Gasteiger partial charge in [-0.3, -0.25) is 4.79 Å². The molecule has 1 atom stereocenters. The van der Waals surface area contributed by atoms with Gasteiger partial charge in [0.1, 0.15) is 0 Å². The lowest BCUT2D eigenvalue weighted by molar-refractivity contribution is -0.120. The molecule has 0 spiro atoms. The highest BCUT2D eigenvalue weighted by molar-refractivity contribution is 5.76. The molecule has 0 aromatic heterocycles. The predicted molar refractivity (Wildman–Crippen MR) is 50.4 cm³/mol. The number of nitrogens with one attached hydrogen (secondary N) is 3. The van der Waals surface area contributed by atoms with Crippen LogP contribution < -0.4 is 16.0 Å². The molecule has 0 bridgehead atoms. The number of carbonyl (C=O) groups excluding carboxylic acids is 1. The summed E-state index contributed by atoms with van der Waals surface area (Å²) in [6, 6.07) is 1.17. The van der Waals surface area contributed by atoms with E-state index in [1.54, 1.807) is 0 Å². The van der Waals surface area contributed by atoms with Crippen molar-refractivity contribution < 1.29 is 4.79 Å². The Morgan fingerprint density at radius 3 is 2.77 bits per heavy atom. The van der Waals surface area contributed by atoms with Crippen molar-refractivity contribution in [1.82, 2.24) is 16.0 Å². The first-order chi connectivity index (χ1) is 6.34. The standard InChI is InChI=1S/C9H17N3O/c13-9-2-1-7(3-4-11-9)12-8-5-10-6-8/h7-8,10,12H,1-6H2,(H,11,13). The Kier molecular flexibility index (Phi) is 2.80. The first-order valence-electron chi connectivity index (χ1n) is 5.08. The van der Waals surface area contributed by atoms with E-state index in [2.05, 4.69) is 16.0 Å². The largest absolute Gasteiger partial charge is 0.356 e. The van der Waals surface area contributed by atoms with Gasteiger partial charge < -0.3 is 16.0 Å². The van der Waals surface area contributed by atoms with Crippen molar-refractivity contribution in [3.63, 3.8) is 0 Å². The Hall–Kier alpha value is -0.610. The Bertz CT molecular complexity index is 191. The quantitative estimate of drug-likeness (QED) is 0.526. The molecule has 0 saturated carbocycles. The number of amides is 1. The zero-order valence-corrected chi connectivity index (χ0v) is 7.81. The van der Waals surface area contributed by atoms with Crippen LogP contribution in [0.5, 0.6) is 0 Å². The molecule has 2 aliphatic heterocycles. The lowest BCUT2D eigenvalue weighted by Gasteiger charge is -2.32. The third-order valence-corrected chi connectivity index (χ3v) is 2.79. The van der Waals surface area contributed by atoms with E-state index < -0.39 is 0 Å². The summed E-state index contributed by atoms with van der Waals surface area (Å²) < 4.78 is 0. The summed E-state index contributed by atoms with van der Waals surface area (Å²) in [5.74, 6) is 0.205. The summed E-state index contributed by atoms with van der Waals surface area (Å²) in [5.41, 5.74) is 0. The summed E-state index contributed by atoms with van der Waals surface area (Å²) in [7, 11) is 0. The third kappa shape index (κ3) is 2.42. The van der Waals surface area contributed by atoms with Crippen LogP contribution in [0, 0.1) is 0 Å². The monoisotopic (exact) mass is 183 g/mol. The van der Waals surface area contributed by atoms with E-state index in [1.165, 1.54) is 0 Å². The van der Waals surface area contributed by atoms with Crippen molar-refractivity contribution in [2.75, 3.05) is 19.6 Å². The van der Waals surface area contributed by atoms with Gasteiger partial charge in [0.25, 0.3) is 0 Å². The lowest BCUT2D eigenvalue weighted by atomic mass is 10.1. The molecule has 4 heteroatoms. The molecule has 0 radical (unpaired) electrons. The van der Waals surface area contributed by atoms with Gasteiger partial charge in [0.2, 0.25) is 5.91 Å². The van der Waals surface area contributed by atoms with Gasteiger partial charge in [-0.15, -0.1) is 0 Å². The number of rotatable bonds is 2. The second-order valence-electron chi connectivity index (χ2n) is 3.90.